The zero-order valence-corrected chi connectivity index (χ0v) is 14.2. The lowest BCUT2D eigenvalue weighted by molar-refractivity contribution is 0.0525. The molecule has 138 valence electrons. The van der Waals surface area contributed by atoms with E-state index < -0.39 is 17.9 Å². The number of carbonyl (C=O) groups is 2. The largest absolute Gasteiger partial charge is 0.490 e. The maximum atomic E-state index is 13.9. The van der Waals surface area contributed by atoms with Crippen LogP contribution in [0.1, 0.15) is 23.7 Å². The zero-order valence-electron chi connectivity index (χ0n) is 14.2. The Labute approximate surface area is 145 Å². The highest BCUT2D eigenvalue weighted by molar-refractivity contribution is 5.89. The summed E-state index contributed by atoms with van der Waals surface area (Å²) >= 11 is 0. The van der Waals surface area contributed by atoms with Gasteiger partial charge in [0.2, 0.25) is 0 Å². The molecule has 0 radical (unpaired) electrons. The number of carbonyl (C=O) groups excluding carboxylic acids is 1. The third kappa shape index (κ3) is 5.60. The highest BCUT2D eigenvalue weighted by Crippen LogP contribution is 2.19. The first kappa shape index (κ1) is 19.0. The van der Waals surface area contributed by atoms with Gasteiger partial charge < -0.3 is 19.5 Å². The van der Waals surface area contributed by atoms with E-state index >= 15 is 0 Å². The number of ether oxygens (including phenoxy) is 2. The zero-order chi connectivity index (χ0) is 18.2. The smallest absolute Gasteiger partial charge is 0.407 e. The van der Waals surface area contributed by atoms with Gasteiger partial charge in [-0.15, -0.1) is 0 Å². The third-order valence-corrected chi connectivity index (χ3v) is 3.96. The van der Waals surface area contributed by atoms with Crippen molar-refractivity contribution in [1.82, 2.24) is 9.80 Å². The van der Waals surface area contributed by atoms with Gasteiger partial charge in [-0.05, 0) is 31.5 Å². The van der Waals surface area contributed by atoms with Gasteiger partial charge in [0.05, 0.1) is 18.8 Å². The second-order valence-corrected chi connectivity index (χ2v) is 5.68. The van der Waals surface area contributed by atoms with Crippen molar-refractivity contribution in [3.05, 3.63) is 29.6 Å². The van der Waals surface area contributed by atoms with Gasteiger partial charge in [0, 0.05) is 32.7 Å². The Morgan fingerprint density at radius 3 is 2.56 bits per heavy atom. The minimum Gasteiger partial charge on any atom is -0.490 e. The fraction of sp³-hybridized carbons (Fsp3) is 0.529. The average molecular weight is 354 g/mol. The van der Waals surface area contributed by atoms with Gasteiger partial charge in [-0.2, -0.15) is 0 Å². The molecule has 0 saturated carbocycles. The lowest BCUT2D eigenvalue weighted by Gasteiger charge is -2.32. The number of carboxylic acid groups (broad SMARTS) is 1. The minimum absolute atomic E-state index is 0.101. The highest BCUT2D eigenvalue weighted by Gasteiger charge is 2.19. The predicted molar refractivity (Wildman–Crippen MR) is 88.5 cm³/mol. The molecule has 1 saturated heterocycles. The Hall–Kier alpha value is -2.35. The van der Waals surface area contributed by atoms with Gasteiger partial charge in [-0.1, -0.05) is 0 Å². The van der Waals surface area contributed by atoms with Crippen LogP contribution in [0.3, 0.4) is 0 Å². The van der Waals surface area contributed by atoms with Crippen LogP contribution in [-0.2, 0) is 4.74 Å². The summed E-state index contributed by atoms with van der Waals surface area (Å²) in [6.07, 6.45) is -0.184. The van der Waals surface area contributed by atoms with E-state index in [0.29, 0.717) is 39.2 Å². The molecule has 1 N–H and O–H groups in total. The van der Waals surface area contributed by atoms with Gasteiger partial charge >= 0.3 is 12.1 Å². The molecule has 0 aromatic heterocycles. The van der Waals surface area contributed by atoms with Crippen molar-refractivity contribution in [2.75, 3.05) is 45.9 Å². The van der Waals surface area contributed by atoms with Crippen LogP contribution >= 0.6 is 0 Å². The minimum atomic E-state index is -0.885. The summed E-state index contributed by atoms with van der Waals surface area (Å²) in [5.74, 6) is -1.06. The highest BCUT2D eigenvalue weighted by atomic mass is 19.1. The van der Waals surface area contributed by atoms with E-state index in [2.05, 4.69) is 4.90 Å². The fourth-order valence-corrected chi connectivity index (χ4v) is 2.59. The van der Waals surface area contributed by atoms with Crippen molar-refractivity contribution >= 4 is 12.1 Å². The standard InChI is InChI=1S/C17H23FN2O5/c1-2-24-16(21)13-4-5-15(14(18)12-13)25-11-3-6-19-7-9-20(10-8-19)17(22)23/h4-5,12H,2-3,6-11H2,1H3,(H,22,23). The van der Waals surface area contributed by atoms with Gasteiger partial charge in [0.25, 0.3) is 0 Å². The van der Waals surface area contributed by atoms with Crippen LogP contribution in [0.15, 0.2) is 18.2 Å². The molecule has 25 heavy (non-hydrogen) atoms. The first-order valence-electron chi connectivity index (χ1n) is 8.31. The lowest BCUT2D eigenvalue weighted by Crippen LogP contribution is -2.48. The van der Waals surface area contributed by atoms with E-state index in [1.807, 2.05) is 0 Å². The SMILES string of the molecule is CCOC(=O)c1ccc(OCCCN2CCN(C(=O)O)CC2)c(F)c1. The molecule has 1 fully saturated rings. The first-order chi connectivity index (χ1) is 12.0. The van der Waals surface area contributed by atoms with Gasteiger partial charge in [-0.25, -0.2) is 14.0 Å². The molecule has 1 aliphatic rings. The van der Waals surface area contributed by atoms with Crippen LogP contribution in [0.2, 0.25) is 0 Å². The Kier molecular flexibility index (Phi) is 7.00. The van der Waals surface area contributed by atoms with Crippen molar-refractivity contribution in [3.63, 3.8) is 0 Å². The molecule has 0 atom stereocenters. The third-order valence-electron chi connectivity index (χ3n) is 3.96. The van der Waals surface area contributed by atoms with Crippen LogP contribution in [0.25, 0.3) is 0 Å². The summed E-state index contributed by atoms with van der Waals surface area (Å²) in [4.78, 5) is 25.9. The predicted octanol–water partition coefficient (Wildman–Crippen LogP) is 2.07. The molecule has 0 spiro atoms. The van der Waals surface area contributed by atoms with Crippen LogP contribution in [0.4, 0.5) is 9.18 Å². The van der Waals surface area contributed by atoms with E-state index in [-0.39, 0.29) is 17.9 Å². The second kappa shape index (κ2) is 9.22. The number of nitrogens with zero attached hydrogens (tertiary/aromatic N) is 2. The summed E-state index contributed by atoms with van der Waals surface area (Å²) in [6.45, 7) is 5.40. The van der Waals surface area contributed by atoms with Crippen molar-refractivity contribution in [2.45, 2.75) is 13.3 Å². The van der Waals surface area contributed by atoms with Gasteiger partial charge in [-0.3, -0.25) is 4.90 Å². The second-order valence-electron chi connectivity index (χ2n) is 5.68. The van der Waals surface area contributed by atoms with Crippen molar-refractivity contribution in [1.29, 1.82) is 0 Å². The first-order valence-corrected chi connectivity index (χ1v) is 8.31. The number of benzene rings is 1. The Morgan fingerprint density at radius 1 is 1.24 bits per heavy atom. The molecule has 1 heterocycles. The van der Waals surface area contributed by atoms with Crippen LogP contribution in [-0.4, -0.2) is 72.9 Å². The van der Waals surface area contributed by atoms with Crippen LogP contribution < -0.4 is 4.74 Å². The lowest BCUT2D eigenvalue weighted by atomic mass is 10.2. The molecule has 2 rings (SSSR count). The van der Waals surface area contributed by atoms with E-state index in [9.17, 15) is 14.0 Å². The Balaban J connectivity index is 1.71. The topological polar surface area (TPSA) is 79.3 Å². The molecule has 0 bridgehead atoms. The molecule has 1 amide bonds. The summed E-state index contributed by atoms with van der Waals surface area (Å²) in [5, 5.41) is 8.90. The summed E-state index contributed by atoms with van der Waals surface area (Å²) in [6, 6.07) is 4.01. The maximum Gasteiger partial charge on any atom is 0.407 e. The molecule has 7 nitrogen and oxygen atoms in total. The Morgan fingerprint density at radius 2 is 1.96 bits per heavy atom. The van der Waals surface area contributed by atoms with Crippen molar-refractivity contribution in [2.24, 2.45) is 0 Å². The van der Waals surface area contributed by atoms with E-state index in [1.54, 1.807) is 6.92 Å². The summed E-state index contributed by atoms with van der Waals surface area (Å²) in [7, 11) is 0. The summed E-state index contributed by atoms with van der Waals surface area (Å²) in [5.41, 5.74) is 0.156. The monoisotopic (exact) mass is 354 g/mol. The number of halogens is 1. The number of hydrogen-bond donors (Lipinski definition) is 1. The molecule has 1 aromatic rings. The molecular weight excluding hydrogens is 331 g/mol. The van der Waals surface area contributed by atoms with E-state index in [1.165, 1.54) is 17.0 Å². The summed E-state index contributed by atoms with van der Waals surface area (Å²) < 4.78 is 24.2. The number of rotatable bonds is 7. The van der Waals surface area contributed by atoms with Crippen LogP contribution in [0, 0.1) is 5.82 Å². The number of amides is 1. The number of hydrogen-bond acceptors (Lipinski definition) is 5. The quantitative estimate of drug-likeness (QED) is 0.596. The normalized spacial score (nSPS) is 15.0. The Bertz CT molecular complexity index is 603. The number of piperazine rings is 1. The van der Waals surface area contributed by atoms with E-state index in [0.717, 1.165) is 12.6 Å². The molecule has 0 unspecified atom stereocenters. The molecule has 1 aromatic carbocycles. The van der Waals surface area contributed by atoms with Gasteiger partial charge in [0.15, 0.2) is 11.6 Å². The molecular formula is C17H23FN2O5. The average Bonchev–Trinajstić information content (AvgIpc) is 2.60. The molecule has 0 aliphatic carbocycles. The molecule has 8 heteroatoms. The van der Waals surface area contributed by atoms with Crippen molar-refractivity contribution < 1.29 is 28.6 Å². The number of esters is 1. The van der Waals surface area contributed by atoms with Gasteiger partial charge in [0.1, 0.15) is 0 Å². The van der Waals surface area contributed by atoms with Crippen molar-refractivity contribution in [3.8, 4) is 5.75 Å². The van der Waals surface area contributed by atoms with Crippen LogP contribution in [0.5, 0.6) is 5.75 Å². The fourth-order valence-electron chi connectivity index (χ4n) is 2.59. The maximum absolute atomic E-state index is 13.9. The van der Waals surface area contributed by atoms with E-state index in [4.69, 9.17) is 14.6 Å². The molecule has 1 aliphatic heterocycles.